The second-order valence-electron chi connectivity index (χ2n) is 5.08. The summed E-state index contributed by atoms with van der Waals surface area (Å²) < 4.78 is 5.16. The summed E-state index contributed by atoms with van der Waals surface area (Å²) >= 11 is 0. The summed E-state index contributed by atoms with van der Waals surface area (Å²) in [6.45, 7) is 5.67. The van der Waals surface area contributed by atoms with Gasteiger partial charge in [0.2, 0.25) is 0 Å². The summed E-state index contributed by atoms with van der Waals surface area (Å²) in [6, 6.07) is 2.08. The Morgan fingerprint density at radius 1 is 1.40 bits per heavy atom. The van der Waals surface area contributed by atoms with Crippen LogP contribution in [-0.4, -0.2) is 49.8 Å². The quantitative estimate of drug-likeness (QED) is 0.759. The maximum absolute atomic E-state index is 5.16. The van der Waals surface area contributed by atoms with Crippen molar-refractivity contribution < 1.29 is 4.74 Å². The molecular weight excluding hydrogens is 188 g/mol. The van der Waals surface area contributed by atoms with Gasteiger partial charge < -0.3 is 15.0 Å². The molecular formula is C12H24N2O. The van der Waals surface area contributed by atoms with Crippen molar-refractivity contribution in [3.05, 3.63) is 0 Å². The highest BCUT2D eigenvalue weighted by Crippen LogP contribution is 2.26. The molecule has 0 aromatic rings. The first kappa shape index (κ1) is 11.4. The zero-order chi connectivity index (χ0) is 10.7. The van der Waals surface area contributed by atoms with E-state index in [9.17, 15) is 0 Å². The first-order chi connectivity index (χ1) is 7.29. The number of nitrogens with zero attached hydrogens (tertiary/aromatic N) is 1. The van der Waals surface area contributed by atoms with Crippen LogP contribution in [0.1, 0.15) is 32.6 Å². The molecule has 0 aromatic heterocycles. The fourth-order valence-electron chi connectivity index (χ4n) is 3.08. The van der Waals surface area contributed by atoms with E-state index in [-0.39, 0.29) is 0 Å². The van der Waals surface area contributed by atoms with Gasteiger partial charge in [0.25, 0.3) is 0 Å². The van der Waals surface area contributed by atoms with Crippen LogP contribution in [0.15, 0.2) is 0 Å². The maximum atomic E-state index is 5.16. The molecule has 0 bridgehead atoms. The van der Waals surface area contributed by atoms with Crippen LogP contribution in [0.5, 0.6) is 0 Å². The number of nitrogens with one attached hydrogen (secondary N) is 1. The van der Waals surface area contributed by atoms with Crippen molar-refractivity contribution in [1.29, 1.82) is 0 Å². The van der Waals surface area contributed by atoms with Gasteiger partial charge in [-0.25, -0.2) is 0 Å². The van der Waals surface area contributed by atoms with Crippen LogP contribution in [0.4, 0.5) is 0 Å². The largest absolute Gasteiger partial charge is 0.383 e. The van der Waals surface area contributed by atoms with Crippen molar-refractivity contribution in [1.82, 2.24) is 10.2 Å². The number of methoxy groups -OCH3 is 1. The van der Waals surface area contributed by atoms with Gasteiger partial charge in [0.1, 0.15) is 0 Å². The molecule has 3 heteroatoms. The van der Waals surface area contributed by atoms with Crippen molar-refractivity contribution in [3.8, 4) is 0 Å². The van der Waals surface area contributed by atoms with Crippen molar-refractivity contribution in [2.24, 2.45) is 0 Å². The minimum absolute atomic E-state index is 0.493. The molecule has 2 rings (SSSR count). The highest BCUT2D eigenvalue weighted by atomic mass is 16.5. The monoisotopic (exact) mass is 212 g/mol. The topological polar surface area (TPSA) is 24.5 Å². The Morgan fingerprint density at radius 3 is 3.07 bits per heavy atom. The Balaban J connectivity index is 1.75. The Hall–Kier alpha value is -0.120. The molecule has 2 aliphatic heterocycles. The molecule has 88 valence electrons. The second-order valence-corrected chi connectivity index (χ2v) is 5.08. The van der Waals surface area contributed by atoms with Gasteiger partial charge in [0, 0.05) is 25.2 Å². The molecule has 0 radical (unpaired) electrons. The van der Waals surface area contributed by atoms with E-state index in [0.29, 0.717) is 6.04 Å². The van der Waals surface area contributed by atoms with Gasteiger partial charge >= 0.3 is 0 Å². The third-order valence-electron chi connectivity index (χ3n) is 3.76. The highest BCUT2D eigenvalue weighted by molar-refractivity contribution is 4.89. The summed E-state index contributed by atoms with van der Waals surface area (Å²) in [6.07, 6.45) is 5.47. The second kappa shape index (κ2) is 5.28. The molecule has 15 heavy (non-hydrogen) atoms. The Morgan fingerprint density at radius 2 is 2.27 bits per heavy atom. The first-order valence-corrected chi connectivity index (χ1v) is 6.28. The minimum atomic E-state index is 0.493. The number of fused-ring (bicyclic) bond motifs is 1. The summed E-state index contributed by atoms with van der Waals surface area (Å²) in [5.74, 6) is 0. The highest BCUT2D eigenvalue weighted by Gasteiger charge is 2.31. The molecule has 2 saturated heterocycles. The van der Waals surface area contributed by atoms with Gasteiger partial charge in [0.15, 0.2) is 0 Å². The van der Waals surface area contributed by atoms with E-state index >= 15 is 0 Å². The molecule has 3 nitrogen and oxygen atoms in total. The molecule has 3 unspecified atom stereocenters. The molecule has 1 N–H and O–H groups in total. The van der Waals surface area contributed by atoms with E-state index < -0.39 is 0 Å². The van der Waals surface area contributed by atoms with Crippen LogP contribution in [0.3, 0.4) is 0 Å². The van der Waals surface area contributed by atoms with Gasteiger partial charge in [-0.2, -0.15) is 0 Å². The van der Waals surface area contributed by atoms with E-state index in [4.69, 9.17) is 4.74 Å². The summed E-state index contributed by atoms with van der Waals surface area (Å²) in [5, 5.41) is 3.68. The predicted octanol–water partition coefficient (Wildman–Crippen LogP) is 1.24. The number of hydrogen-bond acceptors (Lipinski definition) is 3. The maximum Gasteiger partial charge on any atom is 0.0613 e. The van der Waals surface area contributed by atoms with E-state index in [2.05, 4.69) is 17.1 Å². The molecule has 0 aromatic carbocycles. The van der Waals surface area contributed by atoms with Gasteiger partial charge in [-0.3, -0.25) is 0 Å². The van der Waals surface area contributed by atoms with Gasteiger partial charge in [-0.15, -0.1) is 0 Å². The lowest BCUT2D eigenvalue weighted by Gasteiger charge is -2.36. The van der Waals surface area contributed by atoms with E-state index in [1.165, 1.54) is 38.8 Å². The SMILES string of the molecule is COCC(C)NC1CCN2CCCC2C1. The lowest BCUT2D eigenvalue weighted by molar-refractivity contribution is 0.134. The van der Waals surface area contributed by atoms with Crippen LogP contribution in [0, 0.1) is 0 Å². The van der Waals surface area contributed by atoms with Crippen molar-refractivity contribution in [2.45, 2.75) is 50.7 Å². The van der Waals surface area contributed by atoms with Gasteiger partial charge in [-0.05, 0) is 45.7 Å². The summed E-state index contributed by atoms with van der Waals surface area (Å²) in [4.78, 5) is 2.67. The third-order valence-corrected chi connectivity index (χ3v) is 3.76. The predicted molar refractivity (Wildman–Crippen MR) is 62.1 cm³/mol. The summed E-state index contributed by atoms with van der Waals surface area (Å²) in [5.41, 5.74) is 0. The third kappa shape index (κ3) is 2.92. The van der Waals surface area contributed by atoms with Crippen LogP contribution in [0.25, 0.3) is 0 Å². The number of ether oxygens (including phenoxy) is 1. The van der Waals surface area contributed by atoms with E-state index in [1.807, 2.05) is 0 Å². The number of piperidine rings is 1. The van der Waals surface area contributed by atoms with Crippen molar-refractivity contribution in [2.75, 3.05) is 26.8 Å². The molecule has 2 fully saturated rings. The lowest BCUT2D eigenvalue weighted by atomic mass is 9.97. The average Bonchev–Trinajstić information content (AvgIpc) is 2.65. The van der Waals surface area contributed by atoms with Crippen LogP contribution < -0.4 is 5.32 Å². The first-order valence-electron chi connectivity index (χ1n) is 6.28. The van der Waals surface area contributed by atoms with Crippen molar-refractivity contribution in [3.63, 3.8) is 0 Å². The number of hydrogen-bond donors (Lipinski definition) is 1. The van der Waals surface area contributed by atoms with Crippen LogP contribution in [0.2, 0.25) is 0 Å². The number of rotatable bonds is 4. The van der Waals surface area contributed by atoms with Gasteiger partial charge in [-0.1, -0.05) is 0 Å². The fraction of sp³-hybridized carbons (Fsp3) is 1.00. The van der Waals surface area contributed by atoms with E-state index in [0.717, 1.165) is 18.7 Å². The average molecular weight is 212 g/mol. The molecule has 3 atom stereocenters. The van der Waals surface area contributed by atoms with E-state index in [1.54, 1.807) is 7.11 Å². The molecule has 0 aliphatic carbocycles. The standard InChI is InChI=1S/C12H24N2O/c1-10(9-15-2)13-11-5-7-14-6-3-4-12(14)8-11/h10-13H,3-9H2,1-2H3. The zero-order valence-electron chi connectivity index (χ0n) is 10.0. The molecule has 0 amide bonds. The van der Waals surface area contributed by atoms with Crippen LogP contribution in [-0.2, 0) is 4.74 Å². The molecule has 2 aliphatic rings. The van der Waals surface area contributed by atoms with Gasteiger partial charge in [0.05, 0.1) is 6.61 Å². The fourth-order valence-corrected chi connectivity index (χ4v) is 3.08. The van der Waals surface area contributed by atoms with Crippen LogP contribution >= 0.6 is 0 Å². The molecule has 0 saturated carbocycles. The minimum Gasteiger partial charge on any atom is -0.383 e. The Labute approximate surface area is 93.2 Å². The molecule has 0 spiro atoms. The Bertz CT molecular complexity index is 198. The zero-order valence-corrected chi connectivity index (χ0v) is 10.0. The normalized spacial score (nSPS) is 34.0. The van der Waals surface area contributed by atoms with Crippen molar-refractivity contribution >= 4 is 0 Å². The lowest BCUT2D eigenvalue weighted by Crippen LogP contribution is -2.48. The smallest absolute Gasteiger partial charge is 0.0613 e. The molecule has 2 heterocycles. The summed E-state index contributed by atoms with van der Waals surface area (Å²) in [7, 11) is 1.78. The Kier molecular flexibility index (Phi) is 4.00.